The lowest BCUT2D eigenvalue weighted by Crippen LogP contribution is -2.22. The predicted molar refractivity (Wildman–Crippen MR) is 120 cm³/mol. The average molecular weight is 391 g/mol. The van der Waals surface area contributed by atoms with Crippen molar-refractivity contribution in [2.75, 3.05) is 0 Å². The number of carbonyl (C=O) groups is 1. The molecule has 146 valence electrons. The van der Waals surface area contributed by atoms with Crippen LogP contribution >= 0.6 is 0 Å². The van der Waals surface area contributed by atoms with E-state index in [-0.39, 0.29) is 5.91 Å². The summed E-state index contributed by atoms with van der Waals surface area (Å²) in [5.74, 6) is -0.331. The van der Waals surface area contributed by atoms with E-state index in [1.54, 1.807) is 24.4 Å². The molecular formula is C26H21N3O. The van der Waals surface area contributed by atoms with Gasteiger partial charge in [0.15, 0.2) is 0 Å². The second-order valence-corrected chi connectivity index (χ2v) is 6.82. The summed E-state index contributed by atoms with van der Waals surface area (Å²) in [5, 5.41) is 4.45. The molecule has 0 fully saturated rings. The van der Waals surface area contributed by atoms with Gasteiger partial charge in [-0.3, -0.25) is 9.78 Å². The van der Waals surface area contributed by atoms with Crippen LogP contribution in [-0.4, -0.2) is 16.6 Å². The Labute approximate surface area is 175 Å². The number of aromatic nitrogens is 1. The molecule has 30 heavy (non-hydrogen) atoms. The first-order chi connectivity index (χ1) is 14.8. The Morgan fingerprint density at radius 3 is 2.03 bits per heavy atom. The molecule has 1 aromatic heterocycles. The van der Waals surface area contributed by atoms with E-state index >= 15 is 0 Å². The number of hydrogen-bond acceptors (Lipinski definition) is 3. The minimum absolute atomic E-state index is 0.331. The van der Waals surface area contributed by atoms with Crippen LogP contribution in [0.1, 0.15) is 21.6 Å². The van der Waals surface area contributed by atoms with Crippen LogP contribution in [0, 0.1) is 0 Å². The number of nitrogens with one attached hydrogen (secondary N) is 1. The maximum absolute atomic E-state index is 12.4. The molecule has 4 aromatic rings. The molecule has 0 aliphatic heterocycles. The summed E-state index contributed by atoms with van der Waals surface area (Å²) in [5.41, 5.74) is 8.14. The average Bonchev–Trinajstić information content (AvgIpc) is 2.83. The van der Waals surface area contributed by atoms with Crippen LogP contribution in [0.3, 0.4) is 0 Å². The summed E-state index contributed by atoms with van der Waals surface area (Å²) in [6, 6.07) is 33.7. The maximum atomic E-state index is 12.4. The van der Waals surface area contributed by atoms with Gasteiger partial charge in [0, 0.05) is 12.6 Å². The molecule has 0 spiro atoms. The Hall–Kier alpha value is -4.05. The van der Waals surface area contributed by atoms with Gasteiger partial charge in [-0.2, -0.15) is 5.10 Å². The highest BCUT2D eigenvalue weighted by molar-refractivity contribution is 6.03. The van der Waals surface area contributed by atoms with Crippen molar-refractivity contribution in [1.82, 2.24) is 10.4 Å². The van der Waals surface area contributed by atoms with Gasteiger partial charge in [0.2, 0.25) is 0 Å². The fourth-order valence-corrected chi connectivity index (χ4v) is 3.15. The van der Waals surface area contributed by atoms with Crippen molar-refractivity contribution >= 4 is 11.6 Å². The molecule has 1 heterocycles. The molecule has 0 atom stereocenters. The smallest absolute Gasteiger partial charge is 0.266 e. The van der Waals surface area contributed by atoms with Crippen LogP contribution in [0.15, 0.2) is 114 Å². The van der Waals surface area contributed by atoms with E-state index in [1.807, 2.05) is 48.5 Å². The number of carbonyl (C=O) groups excluding carboxylic acids is 1. The predicted octanol–water partition coefficient (Wildman–Crippen LogP) is 5.13. The van der Waals surface area contributed by atoms with Crippen molar-refractivity contribution < 1.29 is 4.79 Å². The minimum Gasteiger partial charge on any atom is -0.266 e. The second kappa shape index (κ2) is 9.43. The number of pyridine rings is 1. The molecule has 1 amide bonds. The largest absolute Gasteiger partial charge is 0.289 e. The highest BCUT2D eigenvalue weighted by Gasteiger charge is 2.09. The molecule has 0 saturated heterocycles. The number of nitrogens with zero attached hydrogens (tertiary/aromatic N) is 2. The molecule has 4 heteroatoms. The Balaban J connectivity index is 1.60. The second-order valence-electron chi connectivity index (χ2n) is 6.82. The van der Waals surface area contributed by atoms with E-state index in [0.29, 0.717) is 12.1 Å². The zero-order valence-corrected chi connectivity index (χ0v) is 16.4. The molecule has 0 aliphatic carbocycles. The first-order valence-corrected chi connectivity index (χ1v) is 9.77. The van der Waals surface area contributed by atoms with Gasteiger partial charge in [-0.05, 0) is 34.4 Å². The highest BCUT2D eigenvalue weighted by Crippen LogP contribution is 2.20. The van der Waals surface area contributed by atoms with Gasteiger partial charge < -0.3 is 0 Å². The lowest BCUT2D eigenvalue weighted by atomic mass is 9.99. The minimum atomic E-state index is -0.331. The molecule has 0 radical (unpaired) electrons. The quantitative estimate of drug-likeness (QED) is 0.366. The molecule has 0 unspecified atom stereocenters. The zero-order valence-electron chi connectivity index (χ0n) is 16.4. The molecule has 0 bridgehead atoms. The van der Waals surface area contributed by atoms with Gasteiger partial charge in [-0.1, -0.05) is 91.0 Å². The topological polar surface area (TPSA) is 54.4 Å². The standard InChI is InChI=1S/C26H21N3O/c30-26(24-13-7-8-18-27-24)29-28-25(19-20-9-3-1-4-10-20)23-16-14-22(15-17-23)21-11-5-2-6-12-21/h1-18H,19H2,(H,29,30)/b28-25-. The van der Waals surface area contributed by atoms with Gasteiger partial charge in [-0.15, -0.1) is 0 Å². The van der Waals surface area contributed by atoms with E-state index in [2.05, 4.69) is 51.9 Å². The molecule has 3 aromatic carbocycles. The van der Waals surface area contributed by atoms with Crippen LogP contribution in [0.25, 0.3) is 11.1 Å². The highest BCUT2D eigenvalue weighted by atomic mass is 16.2. The zero-order chi connectivity index (χ0) is 20.6. The van der Waals surface area contributed by atoms with Crippen molar-refractivity contribution in [3.8, 4) is 11.1 Å². The van der Waals surface area contributed by atoms with Gasteiger partial charge in [-0.25, -0.2) is 5.43 Å². The van der Waals surface area contributed by atoms with E-state index in [9.17, 15) is 4.79 Å². The lowest BCUT2D eigenvalue weighted by molar-refractivity contribution is 0.0950. The van der Waals surface area contributed by atoms with E-state index < -0.39 is 0 Å². The Morgan fingerprint density at radius 1 is 0.733 bits per heavy atom. The van der Waals surface area contributed by atoms with E-state index in [0.717, 1.165) is 28.0 Å². The summed E-state index contributed by atoms with van der Waals surface area (Å²) < 4.78 is 0. The summed E-state index contributed by atoms with van der Waals surface area (Å²) in [7, 11) is 0. The van der Waals surface area contributed by atoms with Crippen molar-refractivity contribution in [3.63, 3.8) is 0 Å². The Kier molecular flexibility index (Phi) is 6.06. The third-order valence-electron chi connectivity index (χ3n) is 4.73. The van der Waals surface area contributed by atoms with Crippen molar-refractivity contribution in [2.45, 2.75) is 6.42 Å². The number of rotatable bonds is 6. The van der Waals surface area contributed by atoms with Crippen molar-refractivity contribution in [1.29, 1.82) is 0 Å². The van der Waals surface area contributed by atoms with Gasteiger partial charge in [0.25, 0.3) is 5.91 Å². The molecule has 0 aliphatic rings. The van der Waals surface area contributed by atoms with E-state index in [1.165, 1.54) is 0 Å². The van der Waals surface area contributed by atoms with Crippen LogP contribution in [-0.2, 0) is 6.42 Å². The molecule has 4 nitrogen and oxygen atoms in total. The van der Waals surface area contributed by atoms with Crippen LogP contribution in [0.4, 0.5) is 0 Å². The SMILES string of the molecule is O=C(N/N=C(/Cc1ccccc1)c1ccc(-c2ccccc2)cc1)c1ccccn1. The third-order valence-corrected chi connectivity index (χ3v) is 4.73. The van der Waals surface area contributed by atoms with Crippen molar-refractivity contribution in [2.24, 2.45) is 5.10 Å². The van der Waals surface area contributed by atoms with Crippen LogP contribution in [0.2, 0.25) is 0 Å². The summed E-state index contributed by atoms with van der Waals surface area (Å²) in [6.45, 7) is 0. The monoisotopic (exact) mass is 391 g/mol. The molecular weight excluding hydrogens is 370 g/mol. The van der Waals surface area contributed by atoms with E-state index in [4.69, 9.17) is 0 Å². The number of hydrogen-bond donors (Lipinski definition) is 1. The van der Waals surface area contributed by atoms with Gasteiger partial charge in [0.1, 0.15) is 5.69 Å². The summed E-state index contributed by atoms with van der Waals surface area (Å²) >= 11 is 0. The molecule has 0 saturated carbocycles. The maximum Gasteiger partial charge on any atom is 0.289 e. The normalized spacial score (nSPS) is 11.1. The van der Waals surface area contributed by atoms with Gasteiger partial charge in [0.05, 0.1) is 5.71 Å². The Bertz CT molecular complexity index is 1120. The Morgan fingerprint density at radius 2 is 1.37 bits per heavy atom. The molecule has 1 N–H and O–H groups in total. The number of hydrazone groups is 1. The first-order valence-electron chi connectivity index (χ1n) is 9.77. The van der Waals surface area contributed by atoms with Crippen LogP contribution in [0.5, 0.6) is 0 Å². The number of benzene rings is 3. The fourth-order valence-electron chi connectivity index (χ4n) is 3.15. The lowest BCUT2D eigenvalue weighted by Gasteiger charge is -2.09. The van der Waals surface area contributed by atoms with Crippen molar-refractivity contribution in [3.05, 3.63) is 126 Å². The molecule has 4 rings (SSSR count). The van der Waals surface area contributed by atoms with Crippen LogP contribution < -0.4 is 5.43 Å². The summed E-state index contributed by atoms with van der Waals surface area (Å²) in [6.07, 6.45) is 2.19. The van der Waals surface area contributed by atoms with Gasteiger partial charge >= 0.3 is 0 Å². The summed E-state index contributed by atoms with van der Waals surface area (Å²) in [4.78, 5) is 16.5. The first kappa shape index (κ1) is 19.3. The number of amides is 1. The fraction of sp³-hybridized carbons (Fsp3) is 0.0385. The third kappa shape index (κ3) is 4.86.